The normalized spacial score (nSPS) is 19.9. The summed E-state index contributed by atoms with van der Waals surface area (Å²) in [6, 6.07) is 6.14. The molecular weight excluding hydrogens is 292 g/mol. The van der Waals surface area contributed by atoms with Crippen LogP contribution in [-0.2, 0) is 19.3 Å². The number of carbonyl (C=O) groups is 4. The van der Waals surface area contributed by atoms with E-state index < -0.39 is 29.7 Å². The monoisotopic (exact) mass is 302 g/mol. The van der Waals surface area contributed by atoms with Crippen LogP contribution in [0.2, 0.25) is 0 Å². The second-order valence-electron chi connectivity index (χ2n) is 4.81. The highest BCUT2D eigenvalue weighted by atomic mass is 16.7. The molecule has 8 heteroatoms. The Morgan fingerprint density at radius 1 is 1.23 bits per heavy atom. The maximum Gasteiger partial charge on any atom is 0.344 e. The Hall–Kier alpha value is -3.03. The van der Waals surface area contributed by atoms with Crippen LogP contribution in [0.4, 0.5) is 0 Å². The number of hydrogen-bond donors (Lipinski definition) is 0. The number of carbonyl (C=O) groups excluding carboxylic acids is 4. The van der Waals surface area contributed by atoms with E-state index in [0.29, 0.717) is 10.8 Å². The number of imide groups is 1. The van der Waals surface area contributed by atoms with Crippen molar-refractivity contribution in [3.8, 4) is 0 Å². The zero-order valence-corrected chi connectivity index (χ0v) is 11.4. The van der Waals surface area contributed by atoms with Crippen LogP contribution < -0.4 is 0 Å². The van der Waals surface area contributed by atoms with Crippen molar-refractivity contribution in [1.29, 1.82) is 0 Å². The van der Waals surface area contributed by atoms with Gasteiger partial charge in [0.25, 0.3) is 11.8 Å². The molecule has 2 heterocycles. The SMILES string of the molecule is CC1=NOC(=O)C1CC(=O)ON1C(=O)c2ccccc2C1=O. The summed E-state index contributed by atoms with van der Waals surface area (Å²) in [6.45, 7) is 1.53. The maximum absolute atomic E-state index is 12.0. The highest BCUT2D eigenvalue weighted by Crippen LogP contribution is 2.24. The molecule has 8 nitrogen and oxygen atoms in total. The summed E-state index contributed by atoms with van der Waals surface area (Å²) < 4.78 is 0. The van der Waals surface area contributed by atoms with Gasteiger partial charge in [0.2, 0.25) is 0 Å². The molecule has 1 aromatic rings. The van der Waals surface area contributed by atoms with Crippen molar-refractivity contribution >= 4 is 29.5 Å². The van der Waals surface area contributed by atoms with Crippen molar-refractivity contribution in [3.63, 3.8) is 0 Å². The second-order valence-corrected chi connectivity index (χ2v) is 4.81. The molecule has 3 rings (SSSR count). The van der Waals surface area contributed by atoms with Crippen LogP contribution in [0.3, 0.4) is 0 Å². The highest BCUT2D eigenvalue weighted by Gasteiger charge is 2.40. The summed E-state index contributed by atoms with van der Waals surface area (Å²) in [4.78, 5) is 56.5. The third-order valence-corrected chi connectivity index (χ3v) is 3.39. The van der Waals surface area contributed by atoms with Crippen LogP contribution in [0, 0.1) is 5.92 Å². The Balaban J connectivity index is 1.71. The quantitative estimate of drug-likeness (QED) is 0.601. The smallest absolute Gasteiger partial charge is 0.330 e. The lowest BCUT2D eigenvalue weighted by molar-refractivity contribution is -0.170. The molecule has 1 unspecified atom stereocenters. The van der Waals surface area contributed by atoms with Gasteiger partial charge in [-0.25, -0.2) is 9.59 Å². The lowest BCUT2D eigenvalue weighted by Crippen LogP contribution is -2.34. The summed E-state index contributed by atoms with van der Waals surface area (Å²) in [5.41, 5.74) is 0.668. The number of oxime groups is 1. The van der Waals surface area contributed by atoms with Gasteiger partial charge in [-0.2, -0.15) is 0 Å². The van der Waals surface area contributed by atoms with Gasteiger partial charge in [-0.3, -0.25) is 9.59 Å². The lowest BCUT2D eigenvalue weighted by Gasteiger charge is -2.13. The summed E-state index contributed by atoms with van der Waals surface area (Å²) in [7, 11) is 0. The molecule has 0 radical (unpaired) electrons. The molecule has 0 saturated carbocycles. The van der Waals surface area contributed by atoms with E-state index in [0.717, 1.165) is 0 Å². The molecule has 22 heavy (non-hydrogen) atoms. The Morgan fingerprint density at radius 3 is 2.32 bits per heavy atom. The molecule has 0 bridgehead atoms. The van der Waals surface area contributed by atoms with Crippen molar-refractivity contribution in [3.05, 3.63) is 35.4 Å². The van der Waals surface area contributed by atoms with E-state index in [9.17, 15) is 19.2 Å². The molecule has 2 amide bonds. The molecule has 0 aromatic heterocycles. The first-order chi connectivity index (χ1) is 10.5. The van der Waals surface area contributed by atoms with Gasteiger partial charge in [-0.1, -0.05) is 22.4 Å². The molecule has 0 spiro atoms. The summed E-state index contributed by atoms with van der Waals surface area (Å²) >= 11 is 0. The fourth-order valence-corrected chi connectivity index (χ4v) is 2.20. The van der Waals surface area contributed by atoms with Gasteiger partial charge in [-0.15, -0.1) is 0 Å². The molecule has 0 aliphatic carbocycles. The minimum Gasteiger partial charge on any atom is -0.330 e. The Bertz CT molecular complexity index is 704. The number of hydrogen-bond acceptors (Lipinski definition) is 7. The molecule has 0 fully saturated rings. The van der Waals surface area contributed by atoms with Crippen LogP contribution in [0.1, 0.15) is 34.1 Å². The zero-order chi connectivity index (χ0) is 15.9. The number of nitrogens with zero attached hydrogens (tertiary/aromatic N) is 2. The first-order valence-electron chi connectivity index (χ1n) is 6.43. The fraction of sp³-hybridized carbons (Fsp3) is 0.214. The van der Waals surface area contributed by atoms with Crippen molar-refractivity contribution in [2.24, 2.45) is 11.1 Å². The van der Waals surface area contributed by atoms with E-state index in [4.69, 9.17) is 4.84 Å². The molecule has 0 N–H and O–H groups in total. The average molecular weight is 302 g/mol. The van der Waals surface area contributed by atoms with Crippen LogP contribution in [0.25, 0.3) is 0 Å². The Morgan fingerprint density at radius 2 is 1.82 bits per heavy atom. The third-order valence-electron chi connectivity index (χ3n) is 3.39. The number of fused-ring (bicyclic) bond motifs is 1. The van der Waals surface area contributed by atoms with Gasteiger partial charge in [0, 0.05) is 0 Å². The number of amides is 2. The number of rotatable bonds is 3. The van der Waals surface area contributed by atoms with E-state index in [1.54, 1.807) is 12.1 Å². The molecular formula is C14H10N2O6. The first kappa shape index (κ1) is 13.9. The largest absolute Gasteiger partial charge is 0.344 e. The van der Waals surface area contributed by atoms with Crippen LogP contribution in [0.5, 0.6) is 0 Å². The maximum atomic E-state index is 12.0. The van der Waals surface area contributed by atoms with Crippen LogP contribution in [0.15, 0.2) is 29.4 Å². The average Bonchev–Trinajstić information content (AvgIpc) is 2.94. The number of benzene rings is 1. The second kappa shape index (κ2) is 5.06. The standard InChI is InChI=1S/C14H10N2O6/c1-7-10(14(20)21-15-7)6-11(17)22-16-12(18)8-4-2-3-5-9(8)13(16)19/h2-5,10H,6H2,1H3. The van der Waals surface area contributed by atoms with E-state index in [1.165, 1.54) is 19.1 Å². The van der Waals surface area contributed by atoms with Crippen LogP contribution in [-0.4, -0.2) is 34.5 Å². The summed E-state index contributed by atoms with van der Waals surface area (Å²) in [5, 5.41) is 3.86. The van der Waals surface area contributed by atoms with Crippen molar-refractivity contribution < 1.29 is 28.9 Å². The van der Waals surface area contributed by atoms with E-state index in [1.807, 2.05) is 0 Å². The summed E-state index contributed by atoms with van der Waals surface area (Å²) in [6.07, 6.45) is -0.360. The van der Waals surface area contributed by atoms with Gasteiger partial charge >= 0.3 is 11.9 Å². The Labute approximate surface area is 124 Å². The fourth-order valence-electron chi connectivity index (χ4n) is 2.20. The van der Waals surface area contributed by atoms with E-state index in [-0.39, 0.29) is 17.5 Å². The summed E-state index contributed by atoms with van der Waals surface area (Å²) in [5.74, 6) is -3.85. The van der Waals surface area contributed by atoms with Crippen molar-refractivity contribution in [2.45, 2.75) is 13.3 Å². The van der Waals surface area contributed by atoms with Crippen molar-refractivity contribution in [2.75, 3.05) is 0 Å². The molecule has 2 aliphatic rings. The number of hydroxylamine groups is 2. The zero-order valence-electron chi connectivity index (χ0n) is 11.4. The van der Waals surface area contributed by atoms with Gasteiger partial charge in [0.05, 0.1) is 23.3 Å². The molecule has 0 saturated heterocycles. The highest BCUT2D eigenvalue weighted by molar-refractivity contribution is 6.21. The predicted octanol–water partition coefficient (Wildman–Crippen LogP) is 0.680. The minimum atomic E-state index is -0.895. The molecule has 1 aromatic carbocycles. The Kier molecular flexibility index (Phi) is 3.21. The van der Waals surface area contributed by atoms with Gasteiger partial charge in [0.1, 0.15) is 5.92 Å². The van der Waals surface area contributed by atoms with Gasteiger partial charge in [0.15, 0.2) is 0 Å². The lowest BCUT2D eigenvalue weighted by atomic mass is 10.0. The third kappa shape index (κ3) is 2.14. The van der Waals surface area contributed by atoms with E-state index >= 15 is 0 Å². The van der Waals surface area contributed by atoms with Crippen LogP contribution >= 0.6 is 0 Å². The topological polar surface area (TPSA) is 102 Å². The predicted molar refractivity (Wildman–Crippen MR) is 70.3 cm³/mol. The molecule has 1 atom stereocenters. The molecule has 2 aliphatic heterocycles. The van der Waals surface area contributed by atoms with Crippen molar-refractivity contribution in [1.82, 2.24) is 5.06 Å². The first-order valence-corrected chi connectivity index (χ1v) is 6.43. The van der Waals surface area contributed by atoms with Gasteiger partial charge < -0.3 is 9.68 Å². The van der Waals surface area contributed by atoms with E-state index in [2.05, 4.69) is 9.99 Å². The van der Waals surface area contributed by atoms with Gasteiger partial charge in [-0.05, 0) is 19.1 Å². The molecule has 112 valence electrons. The minimum absolute atomic E-state index is 0.165.